The number of aliphatic hydroxyl groups excluding tert-OH is 5. The summed E-state index contributed by atoms with van der Waals surface area (Å²) in [5.41, 5.74) is 0. The number of aliphatic hydroxyl groups is 5. The topological polar surface area (TPSA) is 139 Å². The van der Waals surface area contributed by atoms with Crippen molar-refractivity contribution in [2.45, 2.75) is 121 Å². The number of carbonyl (C=O) groups is 1. The number of carbonyl (C=O) groups excluding carboxylic acids is 1. The molecular formula is C24H49NO7. The summed E-state index contributed by atoms with van der Waals surface area (Å²) in [5, 5.41) is 49.3. The summed E-state index contributed by atoms with van der Waals surface area (Å²) in [7, 11) is 0. The molecule has 0 aliphatic heterocycles. The molecule has 0 saturated carbocycles. The molecule has 0 rings (SSSR count). The molecular weight excluding hydrogens is 414 g/mol. The molecule has 4 atom stereocenters. The van der Waals surface area contributed by atoms with E-state index >= 15 is 0 Å². The van der Waals surface area contributed by atoms with Crippen LogP contribution >= 0.6 is 0 Å². The third kappa shape index (κ3) is 16.8. The number of nitrogens with one attached hydrogen (secondary N) is 1. The van der Waals surface area contributed by atoms with E-state index in [0.29, 0.717) is 19.6 Å². The Morgan fingerprint density at radius 1 is 0.719 bits per heavy atom. The third-order valence-corrected chi connectivity index (χ3v) is 5.68. The summed E-state index contributed by atoms with van der Waals surface area (Å²) in [6.07, 6.45) is 10.4. The van der Waals surface area contributed by atoms with Crippen molar-refractivity contribution in [1.82, 2.24) is 5.32 Å². The van der Waals surface area contributed by atoms with E-state index in [2.05, 4.69) is 12.2 Å². The lowest BCUT2D eigenvalue weighted by molar-refractivity contribution is -0.148. The second kappa shape index (κ2) is 22.0. The fourth-order valence-electron chi connectivity index (χ4n) is 3.49. The van der Waals surface area contributed by atoms with Crippen LogP contribution in [-0.2, 0) is 9.53 Å². The number of amides is 1. The highest BCUT2D eigenvalue weighted by atomic mass is 16.5. The van der Waals surface area contributed by atoms with E-state index in [-0.39, 0.29) is 6.54 Å². The minimum atomic E-state index is -1.89. The lowest BCUT2D eigenvalue weighted by atomic mass is 10.0. The van der Waals surface area contributed by atoms with Crippen LogP contribution in [0.4, 0.5) is 0 Å². The summed E-state index contributed by atoms with van der Waals surface area (Å²) in [5.74, 6) is -0.849. The minimum absolute atomic E-state index is 0.264. The molecule has 0 saturated heterocycles. The summed E-state index contributed by atoms with van der Waals surface area (Å²) in [6.45, 7) is 2.91. The van der Waals surface area contributed by atoms with E-state index in [0.717, 1.165) is 6.42 Å². The molecule has 6 N–H and O–H groups in total. The van der Waals surface area contributed by atoms with Gasteiger partial charge in [-0.15, -0.1) is 0 Å². The highest BCUT2D eigenvalue weighted by Crippen LogP contribution is 2.12. The molecule has 32 heavy (non-hydrogen) atoms. The van der Waals surface area contributed by atoms with Gasteiger partial charge in [0.05, 0.1) is 6.61 Å². The van der Waals surface area contributed by atoms with Gasteiger partial charge in [0.15, 0.2) is 6.10 Å². The first-order valence-electron chi connectivity index (χ1n) is 12.6. The van der Waals surface area contributed by atoms with Crippen molar-refractivity contribution in [1.29, 1.82) is 0 Å². The van der Waals surface area contributed by atoms with Gasteiger partial charge in [-0.2, -0.15) is 0 Å². The maximum Gasteiger partial charge on any atom is 0.251 e. The summed E-state index contributed by atoms with van der Waals surface area (Å²) >= 11 is 0. The molecule has 0 aromatic rings. The Hall–Kier alpha value is -0.770. The van der Waals surface area contributed by atoms with Crippen molar-refractivity contribution < 1.29 is 35.1 Å². The maximum absolute atomic E-state index is 11.8. The predicted molar refractivity (Wildman–Crippen MR) is 125 cm³/mol. The SMILES string of the molecule is CCCCCCCCCCCCCCCOCCCNC(=O)[C@H](O)[C@@H](O)[C@H](O)[C@H](O)CO. The van der Waals surface area contributed by atoms with E-state index in [1.807, 2.05) is 0 Å². The fourth-order valence-corrected chi connectivity index (χ4v) is 3.49. The van der Waals surface area contributed by atoms with Gasteiger partial charge in [-0.25, -0.2) is 0 Å². The van der Waals surface area contributed by atoms with E-state index in [1.54, 1.807) is 0 Å². The quantitative estimate of drug-likeness (QED) is 0.127. The van der Waals surface area contributed by atoms with Crippen molar-refractivity contribution in [3.63, 3.8) is 0 Å². The van der Waals surface area contributed by atoms with Crippen LogP contribution in [0.3, 0.4) is 0 Å². The van der Waals surface area contributed by atoms with Gasteiger partial charge in [-0.3, -0.25) is 4.79 Å². The van der Waals surface area contributed by atoms with Crippen LogP contribution in [0.5, 0.6) is 0 Å². The summed E-state index contributed by atoms with van der Waals surface area (Å²) in [4.78, 5) is 11.8. The fraction of sp³-hybridized carbons (Fsp3) is 0.958. The molecule has 0 aromatic carbocycles. The average molecular weight is 464 g/mol. The predicted octanol–water partition coefficient (Wildman–Crippen LogP) is 2.04. The van der Waals surface area contributed by atoms with Gasteiger partial charge in [0.2, 0.25) is 0 Å². The summed E-state index contributed by atoms with van der Waals surface area (Å²) in [6, 6.07) is 0. The maximum atomic E-state index is 11.8. The van der Waals surface area contributed by atoms with Gasteiger partial charge < -0.3 is 35.6 Å². The molecule has 0 bridgehead atoms. The normalized spacial score (nSPS) is 15.3. The van der Waals surface area contributed by atoms with Gasteiger partial charge >= 0.3 is 0 Å². The molecule has 0 aromatic heterocycles. The molecule has 8 nitrogen and oxygen atoms in total. The first-order chi connectivity index (χ1) is 15.5. The van der Waals surface area contributed by atoms with Crippen LogP contribution in [0.15, 0.2) is 0 Å². The first kappa shape index (κ1) is 31.2. The van der Waals surface area contributed by atoms with E-state index in [4.69, 9.17) is 9.84 Å². The Kier molecular flexibility index (Phi) is 21.5. The van der Waals surface area contributed by atoms with Gasteiger partial charge in [0.1, 0.15) is 18.3 Å². The lowest BCUT2D eigenvalue weighted by Gasteiger charge is -2.24. The third-order valence-electron chi connectivity index (χ3n) is 5.68. The number of ether oxygens (including phenoxy) is 1. The smallest absolute Gasteiger partial charge is 0.251 e. The van der Waals surface area contributed by atoms with E-state index in [9.17, 15) is 25.2 Å². The molecule has 0 aliphatic rings. The van der Waals surface area contributed by atoms with Crippen LogP contribution in [0.25, 0.3) is 0 Å². The van der Waals surface area contributed by atoms with Crippen molar-refractivity contribution in [2.75, 3.05) is 26.4 Å². The van der Waals surface area contributed by atoms with Crippen LogP contribution in [0, 0.1) is 0 Å². The van der Waals surface area contributed by atoms with E-state index in [1.165, 1.54) is 77.0 Å². The van der Waals surface area contributed by atoms with Crippen LogP contribution in [0.1, 0.15) is 96.8 Å². The van der Waals surface area contributed by atoms with E-state index < -0.39 is 36.9 Å². The van der Waals surface area contributed by atoms with Crippen molar-refractivity contribution >= 4 is 5.91 Å². The molecule has 0 heterocycles. The van der Waals surface area contributed by atoms with Crippen LogP contribution < -0.4 is 5.32 Å². The van der Waals surface area contributed by atoms with Gasteiger partial charge in [0.25, 0.3) is 5.91 Å². The van der Waals surface area contributed by atoms with Gasteiger partial charge in [-0.1, -0.05) is 84.0 Å². The van der Waals surface area contributed by atoms with Crippen LogP contribution in [-0.4, -0.2) is 82.2 Å². The Morgan fingerprint density at radius 3 is 1.69 bits per heavy atom. The highest BCUT2D eigenvalue weighted by Gasteiger charge is 2.33. The lowest BCUT2D eigenvalue weighted by Crippen LogP contribution is -2.51. The van der Waals surface area contributed by atoms with Crippen molar-refractivity contribution in [3.8, 4) is 0 Å². The largest absolute Gasteiger partial charge is 0.394 e. The van der Waals surface area contributed by atoms with Gasteiger partial charge in [0, 0.05) is 19.8 Å². The zero-order valence-electron chi connectivity index (χ0n) is 20.1. The standard InChI is InChI=1S/C24H49NO7/c1-2-3-4-5-6-7-8-9-10-11-12-13-14-17-32-18-15-16-25-24(31)23(30)22(29)21(28)20(27)19-26/h20-23,26-30H,2-19H2,1H3,(H,25,31)/t20-,21-,22+,23-/m1/s1. The molecule has 8 heteroatoms. The zero-order valence-corrected chi connectivity index (χ0v) is 20.1. The Bertz CT molecular complexity index is 425. The average Bonchev–Trinajstić information content (AvgIpc) is 2.81. The molecule has 1 amide bonds. The second-order valence-electron chi connectivity index (χ2n) is 8.68. The number of hydrogen-bond donors (Lipinski definition) is 6. The van der Waals surface area contributed by atoms with Crippen molar-refractivity contribution in [2.24, 2.45) is 0 Å². The highest BCUT2D eigenvalue weighted by molar-refractivity contribution is 5.81. The number of unbranched alkanes of at least 4 members (excludes halogenated alkanes) is 12. The molecule has 0 radical (unpaired) electrons. The number of hydrogen-bond acceptors (Lipinski definition) is 7. The first-order valence-corrected chi connectivity index (χ1v) is 12.6. The molecule has 0 aliphatic carbocycles. The molecule has 0 unspecified atom stereocenters. The summed E-state index contributed by atoms with van der Waals surface area (Å²) < 4.78 is 5.54. The van der Waals surface area contributed by atoms with Gasteiger partial charge in [-0.05, 0) is 12.8 Å². The monoisotopic (exact) mass is 463 g/mol. The minimum Gasteiger partial charge on any atom is -0.394 e. The molecule has 0 spiro atoms. The Morgan fingerprint density at radius 2 is 1.19 bits per heavy atom. The van der Waals surface area contributed by atoms with Crippen molar-refractivity contribution in [3.05, 3.63) is 0 Å². The Labute approximate surface area is 194 Å². The molecule has 0 fully saturated rings. The Balaban J connectivity index is 3.42. The van der Waals surface area contributed by atoms with Crippen LogP contribution in [0.2, 0.25) is 0 Å². The zero-order chi connectivity index (χ0) is 24.0. The molecule has 192 valence electrons. The number of rotatable bonds is 23. The second-order valence-corrected chi connectivity index (χ2v) is 8.68.